The number of halogens is 1. The molecule has 0 radical (unpaired) electrons. The summed E-state index contributed by atoms with van der Waals surface area (Å²) in [7, 11) is -1.53. The lowest BCUT2D eigenvalue weighted by atomic mass is 10.4. The van der Waals surface area contributed by atoms with Gasteiger partial charge in [0.25, 0.3) is 0 Å². The molecule has 0 aromatic heterocycles. The van der Waals surface area contributed by atoms with Gasteiger partial charge in [0, 0.05) is 22.9 Å². The van der Waals surface area contributed by atoms with Gasteiger partial charge in [0.2, 0.25) is 0 Å². The van der Waals surface area contributed by atoms with Gasteiger partial charge in [-0.25, -0.2) is 0 Å². The zero-order valence-corrected chi connectivity index (χ0v) is 19.0. The Morgan fingerprint density at radius 1 is 0.737 bits per heavy atom. The summed E-state index contributed by atoms with van der Waals surface area (Å²) in [4.78, 5) is 0. The van der Waals surface area contributed by atoms with Crippen molar-refractivity contribution in [2.24, 2.45) is 0 Å². The Morgan fingerprint density at radius 3 is 1.53 bits per heavy atom. The van der Waals surface area contributed by atoms with Crippen molar-refractivity contribution in [1.82, 2.24) is 0 Å². The molecule has 116 valence electrons. The summed E-state index contributed by atoms with van der Waals surface area (Å²) >= 11 is 3.59. The van der Waals surface area contributed by atoms with Gasteiger partial charge in [-0.3, -0.25) is 0 Å². The summed E-state index contributed by atoms with van der Waals surface area (Å²) in [5, 5.41) is 1.20. The van der Waals surface area contributed by atoms with E-state index in [0.717, 1.165) is 0 Å². The molecule has 0 aromatic carbocycles. The Labute approximate surface area is 135 Å². The van der Waals surface area contributed by atoms with E-state index in [1.165, 1.54) is 18.2 Å². The molecule has 0 fully saturated rings. The number of alkyl halides is 1. The van der Waals surface area contributed by atoms with Crippen molar-refractivity contribution < 1.29 is 0 Å². The lowest BCUT2D eigenvalue weighted by molar-refractivity contribution is 0.850. The fourth-order valence-electron chi connectivity index (χ4n) is 2.90. The highest BCUT2D eigenvalue weighted by Crippen LogP contribution is 2.29. The van der Waals surface area contributed by atoms with Gasteiger partial charge in [-0.15, -0.1) is 0 Å². The minimum atomic E-state index is -0.897. The summed E-state index contributed by atoms with van der Waals surface area (Å²) in [6, 6.07) is 8.01. The first-order valence-corrected chi connectivity index (χ1v) is 18.9. The molecule has 0 N–H and O–H groups in total. The number of unbranched alkanes of at least 4 members (excludes halogenated alkanes) is 1. The van der Waals surface area contributed by atoms with Crippen LogP contribution >= 0.6 is 15.9 Å². The van der Waals surface area contributed by atoms with Gasteiger partial charge in [-0.05, 0) is 6.42 Å². The number of hydrogen-bond acceptors (Lipinski definition) is 0. The van der Waals surface area contributed by atoms with E-state index >= 15 is 0 Å². The van der Waals surface area contributed by atoms with Crippen LogP contribution in [0, 0.1) is 0 Å². The molecule has 19 heavy (non-hydrogen) atoms. The molecule has 0 amide bonds. The van der Waals surface area contributed by atoms with Crippen LogP contribution in [0.4, 0.5) is 0 Å². The first-order chi connectivity index (χ1) is 8.89. The van der Waals surface area contributed by atoms with Crippen LogP contribution in [0.5, 0.6) is 0 Å². The average Bonchev–Trinajstić information content (AvgIpc) is 2.28. The number of hydrogen-bond donors (Lipinski definition) is 0. The van der Waals surface area contributed by atoms with E-state index in [1.54, 1.807) is 43.1 Å². The van der Waals surface area contributed by atoms with Crippen LogP contribution in [0.1, 0.15) is 25.7 Å². The SMILES string of the molecule is C[SiH](C)CCC[Si](C)(CCCCBr)CCC[SiH](C)C. The number of rotatable bonds is 12. The monoisotopic (exact) mass is 380 g/mol. The lowest BCUT2D eigenvalue weighted by Gasteiger charge is -2.28. The average molecular weight is 382 g/mol. The molecular weight excluding hydrogens is 344 g/mol. The van der Waals surface area contributed by atoms with Crippen molar-refractivity contribution in [2.45, 2.75) is 88.6 Å². The topological polar surface area (TPSA) is 0 Å². The van der Waals surface area contributed by atoms with E-state index in [2.05, 4.69) is 48.7 Å². The second kappa shape index (κ2) is 11.8. The molecule has 0 bridgehead atoms. The van der Waals surface area contributed by atoms with E-state index < -0.39 is 8.07 Å². The van der Waals surface area contributed by atoms with E-state index in [1.807, 2.05) is 0 Å². The molecule has 0 unspecified atom stereocenters. The van der Waals surface area contributed by atoms with Crippen molar-refractivity contribution in [2.75, 3.05) is 5.33 Å². The van der Waals surface area contributed by atoms with Crippen molar-refractivity contribution in [1.29, 1.82) is 0 Å². The van der Waals surface area contributed by atoms with E-state index in [9.17, 15) is 0 Å². The molecule has 0 atom stereocenters. The van der Waals surface area contributed by atoms with Crippen LogP contribution in [-0.2, 0) is 0 Å². The predicted octanol–water partition coefficient (Wildman–Crippen LogP) is 5.99. The summed E-state index contributed by atoms with van der Waals surface area (Å²) in [6.45, 7) is 12.7. The molecule has 0 heterocycles. The maximum Gasteiger partial charge on any atom is 0.0504 e. The van der Waals surface area contributed by atoms with E-state index in [4.69, 9.17) is 0 Å². The van der Waals surface area contributed by atoms with Gasteiger partial charge in [-0.1, -0.05) is 98.1 Å². The highest BCUT2D eigenvalue weighted by atomic mass is 79.9. The third-order valence-corrected chi connectivity index (χ3v) is 12.7. The molecule has 0 spiro atoms. The quantitative estimate of drug-likeness (QED) is 0.221. The second-order valence-electron chi connectivity index (χ2n) is 7.53. The minimum Gasteiger partial charge on any atom is -0.0928 e. The van der Waals surface area contributed by atoms with Crippen molar-refractivity contribution in [3.63, 3.8) is 0 Å². The lowest BCUT2D eigenvalue weighted by Crippen LogP contribution is -2.30. The zero-order chi connectivity index (χ0) is 14.7. The Balaban J connectivity index is 4.10. The second-order valence-corrected chi connectivity index (χ2v) is 20.2. The normalized spacial score (nSPS) is 12.6. The maximum absolute atomic E-state index is 3.59. The Bertz CT molecular complexity index is 194. The van der Waals surface area contributed by atoms with Gasteiger partial charge in [0.1, 0.15) is 0 Å². The van der Waals surface area contributed by atoms with Crippen LogP contribution in [0.25, 0.3) is 0 Å². The first kappa shape index (κ1) is 20.1. The third-order valence-electron chi connectivity index (χ3n) is 4.29. The van der Waals surface area contributed by atoms with Crippen LogP contribution in [0.15, 0.2) is 0 Å². The largest absolute Gasteiger partial charge is 0.0928 e. The van der Waals surface area contributed by atoms with Crippen LogP contribution in [-0.4, -0.2) is 31.0 Å². The molecular formula is C15H37BrSi3. The van der Waals surface area contributed by atoms with Crippen LogP contribution in [0.3, 0.4) is 0 Å². The fourth-order valence-corrected chi connectivity index (χ4v) is 10.1. The summed E-state index contributed by atoms with van der Waals surface area (Å²) in [5.41, 5.74) is 0. The van der Waals surface area contributed by atoms with Crippen LogP contribution in [0.2, 0.25) is 63.0 Å². The predicted molar refractivity (Wildman–Crippen MR) is 106 cm³/mol. The van der Waals surface area contributed by atoms with Crippen LogP contribution < -0.4 is 0 Å². The first-order valence-electron chi connectivity index (χ1n) is 8.45. The molecule has 0 aliphatic carbocycles. The van der Waals surface area contributed by atoms with Crippen molar-refractivity contribution in [3.8, 4) is 0 Å². The van der Waals surface area contributed by atoms with Gasteiger partial charge in [0.05, 0.1) is 8.07 Å². The minimum absolute atomic E-state index is 0.315. The maximum atomic E-state index is 3.59. The third kappa shape index (κ3) is 12.6. The summed E-state index contributed by atoms with van der Waals surface area (Å²) in [6.07, 6.45) is 5.98. The molecule has 0 aromatic rings. The van der Waals surface area contributed by atoms with Gasteiger partial charge < -0.3 is 0 Å². The van der Waals surface area contributed by atoms with E-state index in [0.29, 0.717) is 0 Å². The van der Waals surface area contributed by atoms with Gasteiger partial charge >= 0.3 is 0 Å². The zero-order valence-electron chi connectivity index (χ0n) is 14.1. The molecule has 0 saturated carbocycles. The van der Waals surface area contributed by atoms with Crippen molar-refractivity contribution in [3.05, 3.63) is 0 Å². The fraction of sp³-hybridized carbons (Fsp3) is 1.00. The van der Waals surface area contributed by atoms with E-state index in [-0.39, 0.29) is 17.6 Å². The molecule has 0 saturated heterocycles. The summed E-state index contributed by atoms with van der Waals surface area (Å²) < 4.78 is 0. The molecule has 0 rings (SSSR count). The molecule has 0 aliphatic heterocycles. The smallest absolute Gasteiger partial charge is 0.0504 e. The molecule has 0 aliphatic rings. The standard InChI is InChI=1S/C15H37BrSi3/c1-17(2)11-8-14-19(5,13-7-6-10-16)15-9-12-18(3)4/h17-18H,6-15H2,1-5H3. The Kier molecular flexibility index (Phi) is 12.5. The highest BCUT2D eigenvalue weighted by Gasteiger charge is 2.25. The van der Waals surface area contributed by atoms with Gasteiger partial charge in [0.15, 0.2) is 0 Å². The Hall–Kier alpha value is 1.13. The van der Waals surface area contributed by atoms with Gasteiger partial charge in [-0.2, -0.15) is 0 Å². The van der Waals surface area contributed by atoms with Crippen molar-refractivity contribution >= 4 is 41.6 Å². The summed E-state index contributed by atoms with van der Waals surface area (Å²) in [5.74, 6) is 0. The Morgan fingerprint density at radius 2 is 1.16 bits per heavy atom. The molecule has 4 heteroatoms. The highest BCUT2D eigenvalue weighted by molar-refractivity contribution is 9.09. The molecule has 0 nitrogen and oxygen atoms in total.